The van der Waals surface area contributed by atoms with Crippen molar-refractivity contribution in [2.75, 3.05) is 19.0 Å². The van der Waals surface area contributed by atoms with Crippen molar-refractivity contribution in [2.24, 2.45) is 10.2 Å². The summed E-state index contributed by atoms with van der Waals surface area (Å²) in [5, 5.41) is 9.35. The molecule has 2 aromatic carbocycles. The zero-order valence-corrected chi connectivity index (χ0v) is 19.0. The highest BCUT2D eigenvalue weighted by Crippen LogP contribution is 2.32. The van der Waals surface area contributed by atoms with Crippen LogP contribution < -0.4 is 4.90 Å². The van der Waals surface area contributed by atoms with E-state index >= 15 is 0 Å². The van der Waals surface area contributed by atoms with Gasteiger partial charge in [0.25, 0.3) is 0 Å². The van der Waals surface area contributed by atoms with E-state index in [9.17, 15) is 4.79 Å². The molecule has 2 aromatic rings. The first-order valence-corrected chi connectivity index (χ1v) is 11.3. The Bertz CT molecular complexity index is 921. The number of hydrogen-bond acceptors (Lipinski definition) is 5. The number of nitrogens with zero attached hydrogens (tertiary/aromatic N) is 4. The van der Waals surface area contributed by atoms with Crippen LogP contribution in [0, 0.1) is 6.92 Å². The number of benzene rings is 2. The summed E-state index contributed by atoms with van der Waals surface area (Å²) in [5.74, 6) is 0.140. The molecule has 1 amide bonds. The van der Waals surface area contributed by atoms with Crippen LogP contribution in [0.5, 0.6) is 0 Å². The highest BCUT2D eigenvalue weighted by Gasteiger charge is 2.37. The average molecular weight is 423 g/mol. The summed E-state index contributed by atoms with van der Waals surface area (Å²) >= 11 is 1.54. The van der Waals surface area contributed by atoms with Crippen LogP contribution >= 0.6 is 11.8 Å². The molecule has 6 heteroatoms. The monoisotopic (exact) mass is 422 g/mol. The maximum absolute atomic E-state index is 13.0. The minimum Gasteiger partial charge on any atom is -0.378 e. The van der Waals surface area contributed by atoms with Crippen molar-refractivity contribution < 1.29 is 4.79 Å². The van der Waals surface area contributed by atoms with E-state index in [0.717, 1.165) is 36.1 Å². The molecular formula is C24H30N4OS. The Kier molecular flexibility index (Phi) is 7.69. The highest BCUT2D eigenvalue weighted by atomic mass is 32.2. The van der Waals surface area contributed by atoms with Gasteiger partial charge in [-0.15, -0.1) is 5.10 Å². The molecule has 1 fully saturated rings. The van der Waals surface area contributed by atoms with Gasteiger partial charge in [-0.25, -0.2) is 0 Å². The summed E-state index contributed by atoms with van der Waals surface area (Å²) in [5.41, 5.74) is 4.43. The Morgan fingerprint density at radius 1 is 1.13 bits per heavy atom. The van der Waals surface area contributed by atoms with Crippen molar-refractivity contribution in [2.45, 2.75) is 44.9 Å². The normalized spacial score (nSPS) is 18.0. The van der Waals surface area contributed by atoms with Crippen molar-refractivity contribution in [1.82, 2.24) is 4.90 Å². The summed E-state index contributed by atoms with van der Waals surface area (Å²) in [6.45, 7) is 4.76. The van der Waals surface area contributed by atoms with Crippen LogP contribution in [0.25, 0.3) is 0 Å². The topological polar surface area (TPSA) is 48.3 Å². The molecule has 0 aliphatic carbocycles. The van der Waals surface area contributed by atoms with Crippen molar-refractivity contribution in [3.05, 3.63) is 65.2 Å². The first kappa shape index (κ1) is 22.1. The fourth-order valence-corrected chi connectivity index (χ4v) is 4.41. The lowest BCUT2D eigenvalue weighted by atomic mass is 10.1. The molecule has 158 valence electrons. The number of aryl methyl sites for hydroxylation is 1. The van der Waals surface area contributed by atoms with E-state index in [1.165, 1.54) is 17.3 Å². The van der Waals surface area contributed by atoms with Crippen LogP contribution in [0.3, 0.4) is 0 Å². The van der Waals surface area contributed by atoms with Gasteiger partial charge in [-0.05, 0) is 42.2 Å². The second-order valence-corrected chi connectivity index (χ2v) is 8.88. The predicted octanol–water partition coefficient (Wildman–Crippen LogP) is 5.09. The number of rotatable bonds is 8. The molecule has 1 aliphatic rings. The Hall–Kier alpha value is -2.60. The van der Waals surface area contributed by atoms with Crippen molar-refractivity contribution >= 4 is 34.7 Å². The fraction of sp³-hybridized carbons (Fsp3) is 0.375. The number of anilines is 1. The lowest BCUT2D eigenvalue weighted by Crippen LogP contribution is -2.31. The number of unbranched alkanes of at least 4 members (excludes halogenated alkanes) is 1. The van der Waals surface area contributed by atoms with Crippen LogP contribution in [0.4, 0.5) is 5.69 Å². The average Bonchev–Trinajstić information content (AvgIpc) is 3.03. The molecule has 1 atom stereocenters. The van der Waals surface area contributed by atoms with E-state index < -0.39 is 0 Å². The maximum atomic E-state index is 13.0. The van der Waals surface area contributed by atoms with Crippen LogP contribution in [0.2, 0.25) is 0 Å². The van der Waals surface area contributed by atoms with E-state index in [1.54, 1.807) is 11.1 Å². The van der Waals surface area contributed by atoms with Gasteiger partial charge in [0.05, 0.1) is 18.0 Å². The smallest absolute Gasteiger partial charge is 0.242 e. The van der Waals surface area contributed by atoms with Gasteiger partial charge in [0.1, 0.15) is 0 Å². The van der Waals surface area contributed by atoms with Crippen LogP contribution in [-0.2, 0) is 11.3 Å². The second kappa shape index (κ2) is 10.4. The molecule has 0 N–H and O–H groups in total. The van der Waals surface area contributed by atoms with Gasteiger partial charge in [0.2, 0.25) is 5.91 Å². The standard InChI is InChI=1S/C24H30N4OS/c1-5-6-11-22-23(29)28(17-20-10-8-7-9-18(20)2)24(30-22)26-25-16-19-12-14-21(15-13-19)27(3)4/h7-10,12-16,22H,5-6,11,17H2,1-4H3/b25-16-,26-24-/t22-/m0/s1. The molecule has 30 heavy (non-hydrogen) atoms. The van der Waals surface area contributed by atoms with E-state index in [2.05, 4.69) is 41.1 Å². The Morgan fingerprint density at radius 2 is 1.87 bits per heavy atom. The van der Waals surface area contributed by atoms with Gasteiger partial charge in [-0.2, -0.15) is 5.10 Å². The molecule has 0 unspecified atom stereocenters. The molecule has 0 radical (unpaired) electrons. The second-order valence-electron chi connectivity index (χ2n) is 7.71. The highest BCUT2D eigenvalue weighted by molar-refractivity contribution is 8.15. The van der Waals surface area contributed by atoms with Gasteiger partial charge in [0.15, 0.2) is 5.17 Å². The number of amides is 1. The largest absolute Gasteiger partial charge is 0.378 e. The Labute approximate surface area is 183 Å². The molecule has 0 saturated carbocycles. The third-order valence-corrected chi connectivity index (χ3v) is 6.42. The predicted molar refractivity (Wildman–Crippen MR) is 128 cm³/mol. The minimum atomic E-state index is -0.0673. The van der Waals surface area contributed by atoms with Gasteiger partial charge < -0.3 is 4.90 Å². The Morgan fingerprint density at radius 3 is 2.53 bits per heavy atom. The summed E-state index contributed by atoms with van der Waals surface area (Å²) in [4.78, 5) is 16.9. The molecule has 1 saturated heterocycles. The van der Waals surface area contributed by atoms with Crippen molar-refractivity contribution in [1.29, 1.82) is 0 Å². The van der Waals surface area contributed by atoms with Crippen LogP contribution in [0.1, 0.15) is 42.9 Å². The fourth-order valence-electron chi connectivity index (χ4n) is 3.27. The summed E-state index contributed by atoms with van der Waals surface area (Å²) < 4.78 is 0. The summed E-state index contributed by atoms with van der Waals surface area (Å²) in [6, 6.07) is 16.3. The molecule has 0 spiro atoms. The number of carbonyl (C=O) groups excluding carboxylic acids is 1. The third kappa shape index (κ3) is 5.51. The van der Waals surface area contributed by atoms with E-state index in [1.807, 2.05) is 50.5 Å². The lowest BCUT2D eigenvalue weighted by molar-refractivity contribution is -0.126. The molecule has 0 aromatic heterocycles. The Balaban J connectivity index is 1.79. The maximum Gasteiger partial charge on any atom is 0.242 e. The molecule has 1 aliphatic heterocycles. The zero-order valence-electron chi connectivity index (χ0n) is 18.2. The number of thioether (sulfide) groups is 1. The van der Waals surface area contributed by atoms with Crippen LogP contribution in [-0.4, -0.2) is 41.5 Å². The quantitative estimate of drug-likeness (QED) is 0.440. The van der Waals surface area contributed by atoms with E-state index in [-0.39, 0.29) is 11.2 Å². The molecule has 3 rings (SSSR count). The molecule has 1 heterocycles. The lowest BCUT2D eigenvalue weighted by Gasteiger charge is -2.17. The van der Waals surface area contributed by atoms with Crippen LogP contribution in [0.15, 0.2) is 58.7 Å². The van der Waals surface area contributed by atoms with Gasteiger partial charge in [0, 0.05) is 19.8 Å². The summed E-state index contributed by atoms with van der Waals surface area (Å²) in [6.07, 6.45) is 4.73. The minimum absolute atomic E-state index is 0.0673. The van der Waals surface area contributed by atoms with E-state index in [4.69, 9.17) is 0 Å². The SMILES string of the molecule is CCCC[C@@H]1S/C(=N\N=C/c2ccc(N(C)C)cc2)N(Cc2ccccc2C)C1=O. The number of amidine groups is 1. The van der Waals surface area contributed by atoms with Gasteiger partial charge in [-0.1, -0.05) is 67.9 Å². The summed E-state index contributed by atoms with van der Waals surface area (Å²) in [7, 11) is 4.03. The third-order valence-electron chi connectivity index (χ3n) is 5.19. The first-order chi connectivity index (χ1) is 14.5. The van der Waals surface area contributed by atoms with Gasteiger partial charge >= 0.3 is 0 Å². The zero-order chi connectivity index (χ0) is 21.5. The molecule has 5 nitrogen and oxygen atoms in total. The molecule has 0 bridgehead atoms. The van der Waals surface area contributed by atoms with Gasteiger partial charge in [-0.3, -0.25) is 9.69 Å². The number of carbonyl (C=O) groups is 1. The number of hydrogen-bond donors (Lipinski definition) is 0. The van der Waals surface area contributed by atoms with E-state index in [0.29, 0.717) is 11.7 Å². The molecular weight excluding hydrogens is 392 g/mol. The van der Waals surface area contributed by atoms with Crippen molar-refractivity contribution in [3.63, 3.8) is 0 Å². The first-order valence-electron chi connectivity index (χ1n) is 10.4. The van der Waals surface area contributed by atoms with Crippen molar-refractivity contribution in [3.8, 4) is 0 Å².